The van der Waals surface area contributed by atoms with Gasteiger partial charge in [-0.1, -0.05) is 18.2 Å². The Morgan fingerprint density at radius 3 is 2.52 bits per heavy atom. The van der Waals surface area contributed by atoms with E-state index in [2.05, 4.69) is 47.1 Å². The van der Waals surface area contributed by atoms with Gasteiger partial charge < -0.3 is 14.5 Å². The van der Waals surface area contributed by atoms with Crippen LogP contribution in [0.3, 0.4) is 0 Å². The minimum atomic E-state index is 0.00450. The van der Waals surface area contributed by atoms with Gasteiger partial charge in [-0.15, -0.1) is 0 Å². The van der Waals surface area contributed by atoms with E-state index in [-0.39, 0.29) is 11.5 Å². The number of nitrogens with zero attached hydrogens (tertiary/aromatic N) is 3. The van der Waals surface area contributed by atoms with Crippen LogP contribution >= 0.6 is 0 Å². The second-order valence-corrected chi connectivity index (χ2v) is 7.54. The predicted molar refractivity (Wildman–Crippen MR) is 101 cm³/mol. The molecule has 1 aromatic rings. The quantitative estimate of drug-likeness (QED) is 0.820. The fraction of sp³-hybridized carbons (Fsp3) is 0.650. The number of carbonyl (C=O) groups excluding carboxylic acids is 1. The fourth-order valence-electron chi connectivity index (χ4n) is 4.09. The first kappa shape index (κ1) is 18.2. The molecule has 0 aliphatic carbocycles. The Morgan fingerprint density at radius 2 is 1.92 bits per heavy atom. The van der Waals surface area contributed by atoms with Crippen LogP contribution < -0.4 is 4.90 Å². The second kappa shape index (κ2) is 7.75. The van der Waals surface area contributed by atoms with Gasteiger partial charge in [-0.05, 0) is 38.3 Å². The molecule has 1 spiro atoms. The number of anilines is 1. The van der Waals surface area contributed by atoms with Crippen LogP contribution in [0.5, 0.6) is 0 Å². The summed E-state index contributed by atoms with van der Waals surface area (Å²) in [6.07, 6.45) is 3.14. The number of likely N-dealkylation sites (tertiary alicyclic amines) is 1. The molecule has 1 atom stereocenters. The van der Waals surface area contributed by atoms with E-state index >= 15 is 0 Å². The molecule has 5 heteroatoms. The van der Waals surface area contributed by atoms with Crippen molar-refractivity contribution in [2.45, 2.75) is 37.8 Å². The summed E-state index contributed by atoms with van der Waals surface area (Å²) >= 11 is 0. The van der Waals surface area contributed by atoms with Crippen molar-refractivity contribution in [1.29, 1.82) is 0 Å². The van der Waals surface area contributed by atoms with Crippen LogP contribution in [0.1, 0.15) is 26.2 Å². The van der Waals surface area contributed by atoms with E-state index in [1.807, 2.05) is 14.1 Å². The Balaban J connectivity index is 1.57. The van der Waals surface area contributed by atoms with Crippen LogP contribution in [0.4, 0.5) is 5.69 Å². The van der Waals surface area contributed by atoms with E-state index in [9.17, 15) is 4.79 Å². The lowest BCUT2D eigenvalue weighted by atomic mass is 9.87. The Hall–Kier alpha value is -1.59. The average Bonchev–Trinajstić information content (AvgIpc) is 3.02. The lowest BCUT2D eigenvalue weighted by Crippen LogP contribution is -2.47. The number of benzene rings is 1. The number of rotatable bonds is 5. The topological polar surface area (TPSA) is 36.0 Å². The summed E-state index contributed by atoms with van der Waals surface area (Å²) in [5.41, 5.74) is 1.29. The SMILES string of the molecule is CCN(c1ccccc1)[C@@H]1COC2(CCN(CC(=O)N(C)C)CC2)C1. The van der Waals surface area contributed by atoms with E-state index in [1.54, 1.807) is 4.90 Å². The van der Waals surface area contributed by atoms with E-state index < -0.39 is 0 Å². The van der Waals surface area contributed by atoms with E-state index in [4.69, 9.17) is 4.74 Å². The maximum atomic E-state index is 11.9. The molecule has 0 aromatic heterocycles. The summed E-state index contributed by atoms with van der Waals surface area (Å²) in [6, 6.07) is 11.1. The Morgan fingerprint density at radius 1 is 1.24 bits per heavy atom. The van der Waals surface area contributed by atoms with Crippen molar-refractivity contribution in [3.63, 3.8) is 0 Å². The molecule has 0 radical (unpaired) electrons. The van der Waals surface area contributed by atoms with Crippen molar-refractivity contribution < 1.29 is 9.53 Å². The zero-order valence-electron chi connectivity index (χ0n) is 15.8. The van der Waals surface area contributed by atoms with Crippen molar-refractivity contribution in [3.8, 4) is 0 Å². The third-order valence-corrected chi connectivity index (χ3v) is 5.68. The molecule has 2 saturated heterocycles. The summed E-state index contributed by atoms with van der Waals surface area (Å²) in [5.74, 6) is 0.183. The lowest BCUT2D eigenvalue weighted by Gasteiger charge is -2.39. The highest BCUT2D eigenvalue weighted by Crippen LogP contribution is 2.38. The predicted octanol–water partition coefficient (Wildman–Crippen LogP) is 2.22. The number of carbonyl (C=O) groups is 1. The molecule has 25 heavy (non-hydrogen) atoms. The third-order valence-electron chi connectivity index (χ3n) is 5.68. The molecule has 3 rings (SSSR count). The normalized spacial score (nSPS) is 22.9. The van der Waals surface area contributed by atoms with Gasteiger partial charge in [0.2, 0.25) is 5.91 Å². The zero-order valence-corrected chi connectivity index (χ0v) is 15.8. The third kappa shape index (κ3) is 4.15. The van der Waals surface area contributed by atoms with E-state index in [0.29, 0.717) is 12.6 Å². The molecule has 1 aromatic carbocycles. The number of para-hydroxylation sites is 1. The molecular weight excluding hydrogens is 314 g/mol. The van der Waals surface area contributed by atoms with Crippen LogP contribution in [0, 0.1) is 0 Å². The monoisotopic (exact) mass is 345 g/mol. The maximum Gasteiger partial charge on any atom is 0.236 e. The van der Waals surface area contributed by atoms with Gasteiger partial charge in [-0.2, -0.15) is 0 Å². The number of amides is 1. The van der Waals surface area contributed by atoms with Crippen LogP contribution in [-0.4, -0.2) is 74.2 Å². The number of likely N-dealkylation sites (N-methyl/N-ethyl adjacent to an activating group) is 2. The molecule has 0 saturated carbocycles. The van der Waals surface area contributed by atoms with Crippen molar-refractivity contribution in [2.24, 2.45) is 0 Å². The van der Waals surface area contributed by atoms with Crippen LogP contribution in [0.15, 0.2) is 30.3 Å². The van der Waals surface area contributed by atoms with Gasteiger partial charge in [-0.3, -0.25) is 9.69 Å². The van der Waals surface area contributed by atoms with Crippen molar-refractivity contribution >= 4 is 11.6 Å². The van der Waals surface area contributed by atoms with Crippen LogP contribution in [0.2, 0.25) is 0 Å². The number of ether oxygens (including phenoxy) is 1. The van der Waals surface area contributed by atoms with Gasteiger partial charge in [-0.25, -0.2) is 0 Å². The molecule has 2 heterocycles. The van der Waals surface area contributed by atoms with Gasteiger partial charge >= 0.3 is 0 Å². The van der Waals surface area contributed by atoms with Gasteiger partial charge in [0, 0.05) is 39.4 Å². The molecule has 2 aliphatic heterocycles. The molecule has 2 aliphatic rings. The van der Waals surface area contributed by atoms with Gasteiger partial charge in [0.25, 0.3) is 0 Å². The standard InChI is InChI=1S/C20H31N3O2/c1-4-23(17-8-6-5-7-9-17)18-14-20(25-16-18)10-12-22(13-11-20)15-19(24)21(2)3/h5-9,18H,4,10-16H2,1-3H3/t18-/m0/s1. The molecule has 0 N–H and O–H groups in total. The van der Waals surface area contributed by atoms with Gasteiger partial charge in [0.15, 0.2) is 0 Å². The molecule has 5 nitrogen and oxygen atoms in total. The molecule has 0 unspecified atom stereocenters. The summed E-state index contributed by atoms with van der Waals surface area (Å²) in [5, 5.41) is 0. The highest BCUT2D eigenvalue weighted by Gasteiger charge is 2.44. The smallest absolute Gasteiger partial charge is 0.236 e. The second-order valence-electron chi connectivity index (χ2n) is 7.54. The minimum Gasteiger partial charge on any atom is -0.373 e. The zero-order chi connectivity index (χ0) is 17.9. The Bertz CT molecular complexity index is 568. The first-order chi connectivity index (χ1) is 12.0. The van der Waals surface area contributed by atoms with Gasteiger partial charge in [0.1, 0.15) is 0 Å². The number of hydrogen-bond acceptors (Lipinski definition) is 4. The fourth-order valence-corrected chi connectivity index (χ4v) is 4.09. The molecule has 0 bridgehead atoms. The Kier molecular flexibility index (Phi) is 5.64. The van der Waals surface area contributed by atoms with Crippen molar-refractivity contribution in [3.05, 3.63) is 30.3 Å². The minimum absolute atomic E-state index is 0.00450. The molecule has 138 valence electrons. The van der Waals surface area contributed by atoms with Gasteiger partial charge in [0.05, 0.1) is 24.8 Å². The molecule has 2 fully saturated rings. The van der Waals surface area contributed by atoms with E-state index in [0.717, 1.165) is 45.5 Å². The Labute approximate surface area is 151 Å². The maximum absolute atomic E-state index is 11.9. The lowest BCUT2D eigenvalue weighted by molar-refractivity contribution is -0.131. The van der Waals surface area contributed by atoms with E-state index in [1.165, 1.54) is 5.69 Å². The number of piperidine rings is 1. The van der Waals surface area contributed by atoms with Crippen molar-refractivity contribution in [1.82, 2.24) is 9.80 Å². The summed E-state index contributed by atoms with van der Waals surface area (Å²) in [4.78, 5) is 18.3. The summed E-state index contributed by atoms with van der Waals surface area (Å²) < 4.78 is 6.34. The van der Waals surface area contributed by atoms with Crippen LogP contribution in [0.25, 0.3) is 0 Å². The van der Waals surface area contributed by atoms with Crippen molar-refractivity contribution in [2.75, 3.05) is 51.8 Å². The largest absolute Gasteiger partial charge is 0.373 e. The van der Waals surface area contributed by atoms with Crippen LogP contribution in [-0.2, 0) is 9.53 Å². The number of hydrogen-bond donors (Lipinski definition) is 0. The first-order valence-electron chi connectivity index (χ1n) is 9.41. The average molecular weight is 345 g/mol. The summed E-state index contributed by atoms with van der Waals surface area (Å²) in [6.45, 7) is 6.44. The molecule has 1 amide bonds. The first-order valence-corrected chi connectivity index (χ1v) is 9.41. The molecular formula is C20H31N3O2. The summed E-state index contributed by atoms with van der Waals surface area (Å²) in [7, 11) is 3.64. The highest BCUT2D eigenvalue weighted by molar-refractivity contribution is 5.77. The highest BCUT2D eigenvalue weighted by atomic mass is 16.5.